The second kappa shape index (κ2) is 10.0. The van der Waals surface area contributed by atoms with Crippen LogP contribution in [0, 0.1) is 6.92 Å². The van der Waals surface area contributed by atoms with Crippen molar-refractivity contribution in [1.82, 2.24) is 24.1 Å². The molecule has 0 saturated carbocycles. The highest BCUT2D eigenvalue weighted by molar-refractivity contribution is 6.32. The first kappa shape index (κ1) is 25.0. The molecule has 37 heavy (non-hydrogen) atoms. The number of nitrogens with one attached hydrogen (secondary N) is 1. The zero-order chi connectivity index (χ0) is 26.3. The van der Waals surface area contributed by atoms with Gasteiger partial charge in [-0.15, -0.1) is 0 Å². The third kappa shape index (κ3) is 4.51. The van der Waals surface area contributed by atoms with E-state index in [1.54, 1.807) is 37.3 Å². The minimum absolute atomic E-state index is 0.0842. The predicted molar refractivity (Wildman–Crippen MR) is 140 cm³/mol. The summed E-state index contributed by atoms with van der Waals surface area (Å²) in [6.45, 7) is 4.60. The molecule has 11 heteroatoms. The van der Waals surface area contributed by atoms with Gasteiger partial charge in [-0.2, -0.15) is 0 Å². The van der Waals surface area contributed by atoms with Crippen LogP contribution in [0.4, 0.5) is 5.82 Å². The molecule has 1 fully saturated rings. The molecular formula is C26H29ClN6O4. The van der Waals surface area contributed by atoms with Crippen LogP contribution >= 0.6 is 11.6 Å². The van der Waals surface area contributed by atoms with Gasteiger partial charge in [0.25, 0.3) is 0 Å². The van der Waals surface area contributed by atoms with Crippen LogP contribution in [0.5, 0.6) is 5.75 Å². The Balaban J connectivity index is 1.53. The maximum absolute atomic E-state index is 11.6. The van der Waals surface area contributed by atoms with E-state index in [-0.39, 0.29) is 18.0 Å². The SMILES string of the molecule is COc1c(C(C)Nc2ncnc3c2ncn3C2CCCCO2)cc(Cl)c(C)c1-c1cc(C(=O)O)n(C)c1. The summed E-state index contributed by atoms with van der Waals surface area (Å²) in [6, 6.07) is 3.22. The second-order valence-electron chi connectivity index (χ2n) is 9.24. The van der Waals surface area contributed by atoms with E-state index in [1.165, 1.54) is 6.33 Å². The lowest BCUT2D eigenvalue weighted by Crippen LogP contribution is -2.17. The Morgan fingerprint density at radius 2 is 2.11 bits per heavy atom. The molecule has 5 rings (SSSR count). The monoisotopic (exact) mass is 524 g/mol. The van der Waals surface area contributed by atoms with E-state index in [9.17, 15) is 9.90 Å². The van der Waals surface area contributed by atoms with Crippen molar-refractivity contribution in [1.29, 1.82) is 0 Å². The Labute approximate surface area is 219 Å². The number of hydrogen-bond donors (Lipinski definition) is 2. The number of nitrogens with zero attached hydrogens (tertiary/aromatic N) is 5. The third-order valence-corrected chi connectivity index (χ3v) is 7.26. The van der Waals surface area contributed by atoms with Gasteiger partial charge in [-0.3, -0.25) is 4.57 Å². The first-order valence-electron chi connectivity index (χ1n) is 12.1. The van der Waals surface area contributed by atoms with E-state index in [0.717, 1.165) is 42.6 Å². The highest BCUT2D eigenvalue weighted by Crippen LogP contribution is 2.43. The normalized spacial score (nSPS) is 16.6. The molecule has 0 aliphatic carbocycles. The molecule has 1 aromatic carbocycles. The minimum atomic E-state index is -1.01. The van der Waals surface area contributed by atoms with Crippen molar-refractivity contribution in [2.75, 3.05) is 19.0 Å². The first-order chi connectivity index (χ1) is 17.8. The van der Waals surface area contributed by atoms with Crippen molar-refractivity contribution >= 4 is 34.6 Å². The van der Waals surface area contributed by atoms with E-state index in [2.05, 4.69) is 20.3 Å². The van der Waals surface area contributed by atoms with Gasteiger partial charge in [-0.1, -0.05) is 11.6 Å². The Morgan fingerprint density at radius 3 is 2.78 bits per heavy atom. The standard InChI is InChI=1S/C26H29ClN6O4/c1-14-18(27)10-17(23(36-4)21(14)16-9-19(26(34)35)32(3)11-16)15(2)31-24-22-25(29-12-28-24)33(13-30-22)20-7-5-6-8-37-20/h9-13,15,20H,5-8H2,1-4H3,(H,34,35)(H,28,29,31). The average molecular weight is 525 g/mol. The molecule has 0 amide bonds. The van der Waals surface area contributed by atoms with Crippen molar-refractivity contribution in [3.8, 4) is 16.9 Å². The number of rotatable bonds is 7. The number of imidazole rings is 1. The number of halogens is 1. The highest BCUT2D eigenvalue weighted by atomic mass is 35.5. The van der Waals surface area contributed by atoms with Gasteiger partial charge in [-0.25, -0.2) is 19.7 Å². The number of aryl methyl sites for hydroxylation is 1. The van der Waals surface area contributed by atoms with Crippen LogP contribution in [0.2, 0.25) is 5.02 Å². The molecule has 0 spiro atoms. The molecule has 194 valence electrons. The van der Waals surface area contributed by atoms with E-state index in [4.69, 9.17) is 21.1 Å². The third-order valence-electron chi connectivity index (χ3n) is 6.87. The quantitative estimate of drug-likeness (QED) is 0.331. The first-order valence-corrected chi connectivity index (χ1v) is 12.5. The van der Waals surface area contributed by atoms with Crippen LogP contribution in [0.3, 0.4) is 0 Å². The minimum Gasteiger partial charge on any atom is -0.496 e. The van der Waals surface area contributed by atoms with Crippen LogP contribution in [-0.2, 0) is 11.8 Å². The van der Waals surface area contributed by atoms with Crippen molar-refractivity contribution < 1.29 is 19.4 Å². The average Bonchev–Trinajstić information content (AvgIpc) is 3.50. The zero-order valence-electron chi connectivity index (χ0n) is 21.2. The summed E-state index contributed by atoms with van der Waals surface area (Å²) in [5.41, 5.74) is 4.58. The van der Waals surface area contributed by atoms with Crippen molar-refractivity contribution in [3.05, 3.63) is 52.8 Å². The van der Waals surface area contributed by atoms with Crippen LogP contribution in [0.1, 0.15) is 60.1 Å². The van der Waals surface area contributed by atoms with E-state index >= 15 is 0 Å². The van der Waals surface area contributed by atoms with E-state index in [1.807, 2.05) is 24.5 Å². The van der Waals surface area contributed by atoms with Crippen LogP contribution < -0.4 is 10.1 Å². The van der Waals surface area contributed by atoms with E-state index in [0.29, 0.717) is 33.3 Å². The molecule has 2 atom stereocenters. The summed E-state index contributed by atoms with van der Waals surface area (Å²) in [5.74, 6) is 0.185. The number of carboxylic acids is 1. The van der Waals surface area contributed by atoms with Gasteiger partial charge >= 0.3 is 5.97 Å². The van der Waals surface area contributed by atoms with Gasteiger partial charge in [0.2, 0.25) is 0 Å². The van der Waals surface area contributed by atoms with Gasteiger partial charge in [0.05, 0.1) is 19.5 Å². The van der Waals surface area contributed by atoms with Crippen LogP contribution in [0.15, 0.2) is 31.0 Å². The van der Waals surface area contributed by atoms with E-state index < -0.39 is 5.97 Å². The fourth-order valence-corrected chi connectivity index (χ4v) is 5.15. The summed E-state index contributed by atoms with van der Waals surface area (Å²) < 4.78 is 15.3. The lowest BCUT2D eigenvalue weighted by atomic mass is 9.95. The van der Waals surface area contributed by atoms with Gasteiger partial charge in [0.15, 0.2) is 17.0 Å². The number of aromatic carboxylic acids is 1. The topological polar surface area (TPSA) is 116 Å². The van der Waals surface area contributed by atoms with Crippen LogP contribution in [-0.4, -0.2) is 48.9 Å². The molecular weight excluding hydrogens is 496 g/mol. The number of carboxylic acid groups (broad SMARTS) is 1. The highest BCUT2D eigenvalue weighted by Gasteiger charge is 2.25. The van der Waals surface area contributed by atoms with Gasteiger partial charge < -0.3 is 24.5 Å². The molecule has 2 unspecified atom stereocenters. The number of carbonyl (C=O) groups is 1. The zero-order valence-corrected chi connectivity index (χ0v) is 21.9. The molecule has 3 aromatic heterocycles. The number of ether oxygens (including phenoxy) is 2. The fourth-order valence-electron chi connectivity index (χ4n) is 4.94. The molecule has 1 aliphatic rings. The Morgan fingerprint density at radius 1 is 1.30 bits per heavy atom. The van der Waals surface area contributed by atoms with Crippen molar-refractivity contribution in [3.63, 3.8) is 0 Å². The van der Waals surface area contributed by atoms with Crippen molar-refractivity contribution in [2.45, 2.75) is 45.4 Å². The number of benzene rings is 1. The molecule has 4 aromatic rings. The second-order valence-corrected chi connectivity index (χ2v) is 9.65. The summed E-state index contributed by atoms with van der Waals surface area (Å²) in [5, 5.41) is 13.5. The molecule has 10 nitrogen and oxygen atoms in total. The lowest BCUT2D eigenvalue weighted by molar-refractivity contribution is -0.0298. The summed E-state index contributed by atoms with van der Waals surface area (Å²) in [7, 11) is 3.29. The maximum Gasteiger partial charge on any atom is 0.352 e. The number of hydrogen-bond acceptors (Lipinski definition) is 7. The molecule has 1 aliphatic heterocycles. The lowest BCUT2D eigenvalue weighted by Gasteiger charge is -2.24. The summed E-state index contributed by atoms with van der Waals surface area (Å²) in [6.07, 6.45) is 8.02. The molecule has 0 bridgehead atoms. The predicted octanol–water partition coefficient (Wildman–Crippen LogP) is 5.37. The number of methoxy groups -OCH3 is 1. The molecule has 2 N–H and O–H groups in total. The Hall–Kier alpha value is -3.63. The van der Waals surface area contributed by atoms with Gasteiger partial charge in [0.1, 0.15) is 24.0 Å². The van der Waals surface area contributed by atoms with Gasteiger partial charge in [-0.05, 0) is 50.8 Å². The summed E-state index contributed by atoms with van der Waals surface area (Å²) >= 11 is 6.68. The van der Waals surface area contributed by atoms with Crippen molar-refractivity contribution in [2.24, 2.45) is 7.05 Å². The number of aromatic nitrogens is 5. The largest absolute Gasteiger partial charge is 0.496 e. The number of anilines is 1. The van der Waals surface area contributed by atoms with Gasteiger partial charge in [0, 0.05) is 41.6 Å². The van der Waals surface area contributed by atoms with Crippen LogP contribution in [0.25, 0.3) is 22.3 Å². The Bertz CT molecular complexity index is 1470. The fraction of sp³-hybridized carbons (Fsp3) is 0.385. The number of fused-ring (bicyclic) bond motifs is 1. The Kier molecular flexibility index (Phi) is 6.78. The molecule has 4 heterocycles. The maximum atomic E-state index is 11.6. The summed E-state index contributed by atoms with van der Waals surface area (Å²) in [4.78, 5) is 25.2. The molecule has 1 saturated heterocycles. The molecule has 0 radical (unpaired) electrons. The smallest absolute Gasteiger partial charge is 0.352 e.